The second-order valence-corrected chi connectivity index (χ2v) is 4.70. The van der Waals surface area contributed by atoms with Crippen LogP contribution >= 0.6 is 15.9 Å². The van der Waals surface area contributed by atoms with E-state index in [0.29, 0.717) is 5.92 Å². The fourth-order valence-electron chi connectivity index (χ4n) is 1.18. The van der Waals surface area contributed by atoms with Crippen molar-refractivity contribution in [3.8, 4) is 0 Å². The van der Waals surface area contributed by atoms with E-state index in [1.807, 2.05) is 0 Å². The molecule has 1 nitrogen and oxygen atoms in total. The predicted molar refractivity (Wildman–Crippen MR) is 60.6 cm³/mol. The van der Waals surface area contributed by atoms with Crippen LogP contribution in [-0.4, -0.2) is 6.04 Å². The molecule has 2 N–H and O–H groups in total. The smallest absolute Gasteiger partial charge is 0.124 e. The fourth-order valence-corrected chi connectivity index (χ4v) is 1.69. The van der Waals surface area contributed by atoms with Crippen molar-refractivity contribution in [2.24, 2.45) is 11.7 Å². The van der Waals surface area contributed by atoms with Crippen molar-refractivity contribution in [1.82, 2.24) is 0 Å². The molecule has 0 aliphatic carbocycles. The lowest BCUT2D eigenvalue weighted by Gasteiger charge is -2.16. The van der Waals surface area contributed by atoms with Crippen molar-refractivity contribution in [3.63, 3.8) is 0 Å². The molecule has 0 saturated carbocycles. The summed E-state index contributed by atoms with van der Waals surface area (Å²) in [7, 11) is 0. The van der Waals surface area contributed by atoms with E-state index in [-0.39, 0.29) is 11.9 Å². The number of benzene rings is 1. The van der Waals surface area contributed by atoms with Crippen LogP contribution in [-0.2, 0) is 6.42 Å². The lowest BCUT2D eigenvalue weighted by molar-refractivity contribution is 0.489. The second kappa shape index (κ2) is 4.89. The molecule has 1 unspecified atom stereocenters. The van der Waals surface area contributed by atoms with Crippen LogP contribution in [0.5, 0.6) is 0 Å². The van der Waals surface area contributed by atoms with E-state index in [1.54, 1.807) is 6.07 Å². The molecular formula is C11H15BrFN. The molecule has 1 aromatic carbocycles. The Morgan fingerprint density at radius 1 is 1.43 bits per heavy atom. The van der Waals surface area contributed by atoms with Gasteiger partial charge < -0.3 is 5.73 Å². The third kappa shape index (κ3) is 3.07. The third-order valence-electron chi connectivity index (χ3n) is 2.33. The Morgan fingerprint density at radius 3 is 2.57 bits per heavy atom. The van der Waals surface area contributed by atoms with Crippen molar-refractivity contribution in [3.05, 3.63) is 34.1 Å². The summed E-state index contributed by atoms with van der Waals surface area (Å²) in [6.07, 6.45) is 0.776. The van der Waals surface area contributed by atoms with E-state index in [2.05, 4.69) is 29.8 Å². The largest absolute Gasteiger partial charge is 0.327 e. The third-order valence-corrected chi connectivity index (χ3v) is 3.07. The van der Waals surface area contributed by atoms with E-state index in [1.165, 1.54) is 12.1 Å². The van der Waals surface area contributed by atoms with Gasteiger partial charge in [-0.25, -0.2) is 4.39 Å². The van der Waals surface area contributed by atoms with Crippen molar-refractivity contribution in [1.29, 1.82) is 0 Å². The number of nitrogens with two attached hydrogens (primary N) is 1. The van der Waals surface area contributed by atoms with Gasteiger partial charge in [-0.2, -0.15) is 0 Å². The summed E-state index contributed by atoms with van der Waals surface area (Å²) >= 11 is 3.33. The summed E-state index contributed by atoms with van der Waals surface area (Å²) < 4.78 is 13.6. The number of rotatable bonds is 3. The van der Waals surface area contributed by atoms with Gasteiger partial charge in [0.05, 0.1) is 0 Å². The summed E-state index contributed by atoms with van der Waals surface area (Å²) in [5, 5.41) is 0. The van der Waals surface area contributed by atoms with Crippen LogP contribution in [0.4, 0.5) is 4.39 Å². The molecule has 14 heavy (non-hydrogen) atoms. The highest BCUT2D eigenvalue weighted by atomic mass is 79.9. The predicted octanol–water partition coefficient (Wildman–Crippen LogP) is 3.11. The zero-order valence-electron chi connectivity index (χ0n) is 8.43. The zero-order valence-corrected chi connectivity index (χ0v) is 10.0. The Labute approximate surface area is 92.6 Å². The molecular weight excluding hydrogens is 245 g/mol. The van der Waals surface area contributed by atoms with Gasteiger partial charge in [0.25, 0.3) is 0 Å². The molecule has 0 radical (unpaired) electrons. The molecule has 1 atom stereocenters. The molecule has 0 aliphatic rings. The van der Waals surface area contributed by atoms with Crippen LogP contribution in [0.25, 0.3) is 0 Å². The van der Waals surface area contributed by atoms with Gasteiger partial charge in [-0.3, -0.25) is 0 Å². The molecule has 0 heterocycles. The fraction of sp³-hybridized carbons (Fsp3) is 0.455. The van der Waals surface area contributed by atoms with Gasteiger partial charge >= 0.3 is 0 Å². The van der Waals surface area contributed by atoms with E-state index in [0.717, 1.165) is 16.5 Å². The second-order valence-electron chi connectivity index (χ2n) is 3.85. The first-order chi connectivity index (χ1) is 6.50. The maximum Gasteiger partial charge on any atom is 0.124 e. The first-order valence-electron chi connectivity index (χ1n) is 4.70. The highest BCUT2D eigenvalue weighted by Crippen LogP contribution is 2.20. The SMILES string of the molecule is CC(C)C(N)Cc1ccc(F)cc1Br. The first kappa shape index (κ1) is 11.7. The topological polar surface area (TPSA) is 26.0 Å². The van der Waals surface area contributed by atoms with Crippen molar-refractivity contribution >= 4 is 15.9 Å². The Morgan fingerprint density at radius 2 is 2.07 bits per heavy atom. The number of hydrogen-bond donors (Lipinski definition) is 1. The quantitative estimate of drug-likeness (QED) is 0.887. The molecule has 78 valence electrons. The van der Waals surface area contributed by atoms with Gasteiger partial charge in [-0.15, -0.1) is 0 Å². The van der Waals surface area contributed by atoms with Crippen LogP contribution < -0.4 is 5.73 Å². The summed E-state index contributed by atoms with van der Waals surface area (Å²) in [6.45, 7) is 4.17. The molecule has 1 aromatic rings. The summed E-state index contributed by atoms with van der Waals surface area (Å²) in [5.41, 5.74) is 7.00. The highest BCUT2D eigenvalue weighted by Gasteiger charge is 2.10. The van der Waals surface area contributed by atoms with Crippen molar-refractivity contribution < 1.29 is 4.39 Å². The van der Waals surface area contributed by atoms with Gasteiger partial charge in [0.1, 0.15) is 5.82 Å². The average molecular weight is 260 g/mol. The number of halogens is 2. The first-order valence-corrected chi connectivity index (χ1v) is 5.49. The molecule has 0 aliphatic heterocycles. The normalized spacial score (nSPS) is 13.3. The summed E-state index contributed by atoms with van der Waals surface area (Å²) in [6, 6.07) is 4.84. The molecule has 0 fully saturated rings. The molecule has 1 rings (SSSR count). The van der Waals surface area contributed by atoms with Gasteiger partial charge in [0.15, 0.2) is 0 Å². The molecule has 0 saturated heterocycles. The van der Waals surface area contributed by atoms with Crippen LogP contribution in [0.1, 0.15) is 19.4 Å². The lowest BCUT2D eigenvalue weighted by Crippen LogP contribution is -2.28. The van der Waals surface area contributed by atoms with Gasteiger partial charge in [-0.05, 0) is 30.0 Å². The standard InChI is InChI=1S/C11H15BrFN/c1-7(2)11(14)5-8-3-4-9(13)6-10(8)12/h3-4,6-7,11H,5,14H2,1-2H3. The van der Waals surface area contributed by atoms with Gasteiger partial charge in [-0.1, -0.05) is 35.8 Å². The minimum Gasteiger partial charge on any atom is -0.327 e. The van der Waals surface area contributed by atoms with E-state index in [4.69, 9.17) is 5.73 Å². The van der Waals surface area contributed by atoms with E-state index >= 15 is 0 Å². The van der Waals surface area contributed by atoms with Crippen LogP contribution in [0.2, 0.25) is 0 Å². The Bertz CT molecular complexity index is 312. The Kier molecular flexibility index (Phi) is 4.08. The van der Waals surface area contributed by atoms with Gasteiger partial charge in [0.2, 0.25) is 0 Å². The van der Waals surface area contributed by atoms with Crippen LogP contribution in [0.15, 0.2) is 22.7 Å². The molecule has 0 aromatic heterocycles. The average Bonchev–Trinajstić information content (AvgIpc) is 2.09. The minimum atomic E-state index is -0.223. The number of hydrogen-bond acceptors (Lipinski definition) is 1. The van der Waals surface area contributed by atoms with Crippen LogP contribution in [0.3, 0.4) is 0 Å². The Balaban J connectivity index is 2.77. The van der Waals surface area contributed by atoms with E-state index < -0.39 is 0 Å². The summed E-state index contributed by atoms with van der Waals surface area (Å²) in [5.74, 6) is 0.214. The molecule has 0 spiro atoms. The monoisotopic (exact) mass is 259 g/mol. The molecule has 0 bridgehead atoms. The van der Waals surface area contributed by atoms with Gasteiger partial charge in [0, 0.05) is 10.5 Å². The molecule has 0 amide bonds. The Hall–Kier alpha value is -0.410. The van der Waals surface area contributed by atoms with E-state index in [9.17, 15) is 4.39 Å². The van der Waals surface area contributed by atoms with Crippen molar-refractivity contribution in [2.75, 3.05) is 0 Å². The maximum atomic E-state index is 12.8. The zero-order chi connectivity index (χ0) is 10.7. The summed E-state index contributed by atoms with van der Waals surface area (Å²) in [4.78, 5) is 0. The minimum absolute atomic E-state index is 0.122. The van der Waals surface area contributed by atoms with Crippen LogP contribution in [0, 0.1) is 11.7 Å². The highest BCUT2D eigenvalue weighted by molar-refractivity contribution is 9.10. The lowest BCUT2D eigenvalue weighted by atomic mass is 9.97. The maximum absolute atomic E-state index is 12.8. The molecule has 3 heteroatoms. The van der Waals surface area contributed by atoms with Crippen molar-refractivity contribution in [2.45, 2.75) is 26.3 Å².